The lowest BCUT2D eigenvalue weighted by Crippen LogP contribution is -2.31. The molecule has 5 nitrogen and oxygen atoms in total. The Morgan fingerprint density at radius 1 is 1.04 bits per heavy atom. The van der Waals surface area contributed by atoms with E-state index in [4.69, 9.17) is 4.74 Å². The molecule has 8 heteroatoms. The number of ether oxygens (including phenoxy) is 2. The molecule has 146 valence electrons. The molecule has 0 aliphatic carbocycles. The molecule has 2 aromatic rings. The summed E-state index contributed by atoms with van der Waals surface area (Å²) in [6.45, 7) is 0.842. The van der Waals surface area contributed by atoms with E-state index in [-0.39, 0.29) is 18.2 Å². The van der Waals surface area contributed by atoms with Crippen LogP contribution < -0.4 is 14.8 Å². The van der Waals surface area contributed by atoms with E-state index in [2.05, 4.69) is 10.1 Å². The molecular weight excluding hydrogens is 361 g/mol. The minimum absolute atomic E-state index is 0.164. The highest BCUT2D eigenvalue weighted by Crippen LogP contribution is 2.23. The summed E-state index contributed by atoms with van der Waals surface area (Å²) in [4.78, 5) is 13.9. The van der Waals surface area contributed by atoms with Gasteiger partial charge < -0.3 is 14.8 Å². The molecule has 1 amide bonds. The zero-order chi connectivity index (χ0) is 19.9. The molecule has 1 N–H and O–H groups in total. The first-order valence-corrected chi connectivity index (χ1v) is 8.22. The first-order chi connectivity index (χ1) is 12.7. The van der Waals surface area contributed by atoms with Gasteiger partial charge >= 0.3 is 6.36 Å². The summed E-state index contributed by atoms with van der Waals surface area (Å²) in [6.07, 6.45) is -3.96. The van der Waals surface area contributed by atoms with Gasteiger partial charge in [-0.05, 0) is 55.4 Å². The number of hydrogen-bond acceptors (Lipinski definition) is 4. The Bertz CT molecular complexity index is 731. The van der Waals surface area contributed by atoms with Crippen molar-refractivity contribution in [2.75, 3.05) is 32.6 Å². The topological polar surface area (TPSA) is 50.8 Å². The molecule has 0 atom stereocenters. The normalized spacial score (nSPS) is 11.3. The van der Waals surface area contributed by atoms with Crippen LogP contribution in [0.5, 0.6) is 11.5 Å². The fourth-order valence-corrected chi connectivity index (χ4v) is 2.38. The molecular formula is C19H21F3N2O3. The van der Waals surface area contributed by atoms with Crippen LogP contribution in [0.4, 0.5) is 18.9 Å². The minimum atomic E-state index is -4.74. The molecule has 0 fully saturated rings. The van der Waals surface area contributed by atoms with Gasteiger partial charge in [-0.1, -0.05) is 12.1 Å². The van der Waals surface area contributed by atoms with Crippen LogP contribution in [-0.4, -0.2) is 44.4 Å². The van der Waals surface area contributed by atoms with Crippen LogP contribution in [0.3, 0.4) is 0 Å². The number of hydrogen-bond donors (Lipinski definition) is 1. The van der Waals surface area contributed by atoms with Crippen molar-refractivity contribution < 1.29 is 27.4 Å². The number of benzene rings is 2. The predicted octanol–water partition coefficient (Wildman–Crippen LogP) is 3.71. The fraction of sp³-hybridized carbons (Fsp3) is 0.316. The number of anilines is 1. The zero-order valence-electron chi connectivity index (χ0n) is 15.0. The van der Waals surface area contributed by atoms with Crippen molar-refractivity contribution in [3.05, 3.63) is 54.1 Å². The maximum absolute atomic E-state index is 12.1. The molecule has 0 aliphatic rings. The molecule has 2 rings (SSSR count). The fourth-order valence-electron chi connectivity index (χ4n) is 2.38. The number of likely N-dealkylation sites (N-methyl/N-ethyl adjacent to an activating group) is 1. The van der Waals surface area contributed by atoms with E-state index in [1.54, 1.807) is 7.11 Å². The molecule has 2 aromatic carbocycles. The van der Waals surface area contributed by atoms with Gasteiger partial charge in [0.15, 0.2) is 0 Å². The first-order valence-electron chi connectivity index (χ1n) is 8.22. The maximum Gasteiger partial charge on any atom is 0.573 e. The summed E-state index contributed by atoms with van der Waals surface area (Å²) >= 11 is 0. The van der Waals surface area contributed by atoms with Crippen LogP contribution in [0.25, 0.3) is 0 Å². The van der Waals surface area contributed by atoms with E-state index in [1.165, 1.54) is 12.1 Å². The van der Waals surface area contributed by atoms with Crippen LogP contribution in [0.2, 0.25) is 0 Å². The van der Waals surface area contributed by atoms with Crippen LogP contribution in [0.1, 0.15) is 5.56 Å². The highest BCUT2D eigenvalue weighted by atomic mass is 19.4. The van der Waals surface area contributed by atoms with Crippen molar-refractivity contribution in [3.8, 4) is 11.5 Å². The smallest absolute Gasteiger partial charge is 0.497 e. The number of nitrogens with one attached hydrogen (secondary N) is 1. The van der Waals surface area contributed by atoms with Crippen molar-refractivity contribution in [3.63, 3.8) is 0 Å². The van der Waals surface area contributed by atoms with Gasteiger partial charge in [0.2, 0.25) is 5.91 Å². The van der Waals surface area contributed by atoms with E-state index in [1.807, 2.05) is 36.2 Å². The van der Waals surface area contributed by atoms with Gasteiger partial charge in [-0.2, -0.15) is 0 Å². The van der Waals surface area contributed by atoms with E-state index in [0.29, 0.717) is 12.2 Å². The number of nitrogens with zero attached hydrogens (tertiary/aromatic N) is 1. The third kappa shape index (κ3) is 7.57. The van der Waals surface area contributed by atoms with Gasteiger partial charge in [-0.25, -0.2) is 0 Å². The number of carbonyl (C=O) groups is 1. The van der Waals surface area contributed by atoms with Crippen LogP contribution in [0.15, 0.2) is 48.5 Å². The van der Waals surface area contributed by atoms with E-state index in [0.717, 1.165) is 29.9 Å². The number of rotatable bonds is 8. The SMILES string of the molecule is COc1ccc(CCN(C)CC(=O)Nc2ccc(OC(F)(F)F)cc2)cc1. The van der Waals surface area contributed by atoms with Gasteiger partial charge in [0.05, 0.1) is 13.7 Å². The monoisotopic (exact) mass is 382 g/mol. The highest BCUT2D eigenvalue weighted by molar-refractivity contribution is 5.92. The average Bonchev–Trinajstić information content (AvgIpc) is 2.61. The number of halogens is 3. The van der Waals surface area contributed by atoms with Crippen molar-refractivity contribution in [2.45, 2.75) is 12.8 Å². The summed E-state index contributed by atoms with van der Waals surface area (Å²) in [5.74, 6) is 0.201. The molecule has 0 radical (unpaired) electrons. The van der Waals surface area contributed by atoms with E-state index >= 15 is 0 Å². The minimum Gasteiger partial charge on any atom is -0.497 e. The number of alkyl halides is 3. The van der Waals surface area contributed by atoms with Crippen LogP contribution in [-0.2, 0) is 11.2 Å². The van der Waals surface area contributed by atoms with Crippen LogP contribution >= 0.6 is 0 Å². The zero-order valence-corrected chi connectivity index (χ0v) is 15.0. The van der Waals surface area contributed by atoms with Crippen molar-refractivity contribution in [1.29, 1.82) is 0 Å². The molecule has 0 spiro atoms. The standard InChI is InChI=1S/C19H21F3N2O3/c1-24(12-11-14-3-7-16(26-2)8-4-14)13-18(25)23-15-5-9-17(10-6-15)27-19(20,21)22/h3-10H,11-13H2,1-2H3,(H,23,25). The molecule has 0 heterocycles. The van der Waals surface area contributed by atoms with Crippen LogP contribution in [0, 0.1) is 0 Å². The lowest BCUT2D eigenvalue weighted by atomic mass is 10.1. The lowest BCUT2D eigenvalue weighted by molar-refractivity contribution is -0.274. The predicted molar refractivity (Wildman–Crippen MR) is 95.9 cm³/mol. The van der Waals surface area contributed by atoms with Gasteiger partial charge in [-0.3, -0.25) is 9.69 Å². The van der Waals surface area contributed by atoms with Gasteiger partial charge in [0.1, 0.15) is 11.5 Å². The largest absolute Gasteiger partial charge is 0.573 e. The van der Waals surface area contributed by atoms with Crippen molar-refractivity contribution in [1.82, 2.24) is 4.90 Å². The number of carbonyl (C=O) groups excluding carboxylic acids is 1. The van der Waals surface area contributed by atoms with Gasteiger partial charge in [-0.15, -0.1) is 13.2 Å². The van der Waals surface area contributed by atoms with Gasteiger partial charge in [0.25, 0.3) is 0 Å². The molecule has 0 saturated heterocycles. The maximum atomic E-state index is 12.1. The molecule has 0 bridgehead atoms. The number of amides is 1. The summed E-state index contributed by atoms with van der Waals surface area (Å²) in [5.41, 5.74) is 1.53. The quantitative estimate of drug-likeness (QED) is 0.756. The van der Waals surface area contributed by atoms with Crippen molar-refractivity contribution >= 4 is 11.6 Å². The number of methoxy groups -OCH3 is 1. The van der Waals surface area contributed by atoms with E-state index in [9.17, 15) is 18.0 Å². The molecule has 0 aliphatic heterocycles. The van der Waals surface area contributed by atoms with Crippen molar-refractivity contribution in [2.24, 2.45) is 0 Å². The summed E-state index contributed by atoms with van der Waals surface area (Å²) in [6, 6.07) is 12.7. The average molecular weight is 382 g/mol. The third-order valence-corrected chi connectivity index (χ3v) is 3.73. The first kappa shape index (κ1) is 20.6. The summed E-state index contributed by atoms with van der Waals surface area (Å²) in [5, 5.41) is 2.64. The van der Waals surface area contributed by atoms with Gasteiger partial charge in [0, 0.05) is 12.2 Å². The molecule has 0 saturated carbocycles. The Labute approximate surface area is 155 Å². The van der Waals surface area contributed by atoms with E-state index < -0.39 is 6.36 Å². The second kappa shape index (κ2) is 9.27. The molecule has 27 heavy (non-hydrogen) atoms. The Hall–Kier alpha value is -2.74. The Morgan fingerprint density at radius 3 is 2.19 bits per heavy atom. The molecule has 0 aromatic heterocycles. The second-order valence-electron chi connectivity index (χ2n) is 5.96. The second-order valence-corrected chi connectivity index (χ2v) is 5.96. The Kier molecular flexibility index (Phi) is 7.06. The molecule has 0 unspecified atom stereocenters. The Balaban J connectivity index is 1.77. The Morgan fingerprint density at radius 2 is 1.63 bits per heavy atom. The third-order valence-electron chi connectivity index (χ3n) is 3.73. The summed E-state index contributed by atoms with van der Waals surface area (Å²) < 4.78 is 45.3. The summed E-state index contributed by atoms with van der Waals surface area (Å²) in [7, 11) is 3.43. The lowest BCUT2D eigenvalue weighted by Gasteiger charge is -2.16. The highest BCUT2D eigenvalue weighted by Gasteiger charge is 2.30.